The Kier molecular flexibility index (Phi) is 4.44. The number of thiophene rings is 1. The fourth-order valence-corrected chi connectivity index (χ4v) is 4.70. The fourth-order valence-electron chi connectivity index (χ4n) is 3.25. The number of aromatic nitrogens is 1. The SMILES string of the molecule is CCN(C(=O)c1cc2c(s1)-c1ccccc1CC2)c1ccc(Br)cn1. The molecular weight excluding hydrogens is 396 g/mol. The maximum Gasteiger partial charge on any atom is 0.269 e. The molecule has 25 heavy (non-hydrogen) atoms. The van der Waals surface area contributed by atoms with Gasteiger partial charge in [0.05, 0.1) is 4.88 Å². The average Bonchev–Trinajstić information content (AvgIpc) is 3.08. The number of halogens is 1. The van der Waals surface area contributed by atoms with Crippen LogP contribution in [0.1, 0.15) is 27.7 Å². The van der Waals surface area contributed by atoms with E-state index in [9.17, 15) is 4.79 Å². The summed E-state index contributed by atoms with van der Waals surface area (Å²) in [4.78, 5) is 21.2. The number of fused-ring (bicyclic) bond motifs is 3. The molecule has 0 bridgehead atoms. The van der Waals surface area contributed by atoms with Crippen molar-refractivity contribution < 1.29 is 4.79 Å². The highest BCUT2D eigenvalue weighted by atomic mass is 79.9. The predicted octanol–water partition coefficient (Wildman–Crippen LogP) is 5.34. The lowest BCUT2D eigenvalue weighted by Gasteiger charge is -2.19. The number of rotatable bonds is 3. The van der Waals surface area contributed by atoms with Crippen molar-refractivity contribution in [2.45, 2.75) is 19.8 Å². The zero-order valence-electron chi connectivity index (χ0n) is 13.8. The van der Waals surface area contributed by atoms with Crippen LogP contribution < -0.4 is 4.90 Å². The summed E-state index contributed by atoms with van der Waals surface area (Å²) < 4.78 is 0.906. The van der Waals surface area contributed by atoms with E-state index in [1.807, 2.05) is 19.1 Å². The van der Waals surface area contributed by atoms with Crippen molar-refractivity contribution >= 4 is 39.0 Å². The van der Waals surface area contributed by atoms with Crippen molar-refractivity contribution in [3.8, 4) is 10.4 Å². The summed E-state index contributed by atoms with van der Waals surface area (Å²) in [5.74, 6) is 0.705. The molecule has 0 fully saturated rings. The molecule has 1 aliphatic carbocycles. The van der Waals surface area contributed by atoms with Crippen LogP contribution in [0.3, 0.4) is 0 Å². The van der Waals surface area contributed by atoms with Gasteiger partial charge >= 0.3 is 0 Å². The van der Waals surface area contributed by atoms with Crippen LogP contribution >= 0.6 is 27.3 Å². The minimum absolute atomic E-state index is 0.0224. The molecule has 0 radical (unpaired) electrons. The van der Waals surface area contributed by atoms with Crippen molar-refractivity contribution in [1.29, 1.82) is 0 Å². The van der Waals surface area contributed by atoms with Gasteiger partial charge in [-0.2, -0.15) is 0 Å². The van der Waals surface area contributed by atoms with E-state index in [1.165, 1.54) is 21.6 Å². The highest BCUT2D eigenvalue weighted by molar-refractivity contribution is 9.10. The molecule has 1 aromatic carbocycles. The first-order chi connectivity index (χ1) is 12.2. The molecule has 0 saturated carbocycles. The molecule has 0 N–H and O–H groups in total. The van der Waals surface area contributed by atoms with Crippen LogP contribution in [-0.2, 0) is 12.8 Å². The summed E-state index contributed by atoms with van der Waals surface area (Å²) in [6.45, 7) is 2.57. The summed E-state index contributed by atoms with van der Waals surface area (Å²) in [5.41, 5.74) is 3.93. The summed E-state index contributed by atoms with van der Waals surface area (Å²) >= 11 is 4.99. The van der Waals surface area contributed by atoms with E-state index >= 15 is 0 Å². The lowest BCUT2D eigenvalue weighted by atomic mass is 9.91. The van der Waals surface area contributed by atoms with Crippen molar-refractivity contribution in [2.75, 3.05) is 11.4 Å². The molecule has 0 aliphatic heterocycles. The number of carbonyl (C=O) groups excluding carboxylic acids is 1. The third-order valence-corrected chi connectivity index (χ3v) is 6.16. The Bertz CT molecular complexity index is 933. The van der Waals surface area contributed by atoms with Crippen molar-refractivity contribution in [1.82, 2.24) is 4.98 Å². The van der Waals surface area contributed by atoms with Gasteiger partial charge < -0.3 is 0 Å². The average molecular weight is 413 g/mol. The molecule has 0 atom stereocenters. The molecule has 0 unspecified atom stereocenters. The number of hydrogen-bond donors (Lipinski definition) is 0. The lowest BCUT2D eigenvalue weighted by Crippen LogP contribution is -2.30. The van der Waals surface area contributed by atoms with E-state index in [1.54, 1.807) is 22.4 Å². The lowest BCUT2D eigenvalue weighted by molar-refractivity contribution is 0.0991. The second kappa shape index (κ2) is 6.73. The van der Waals surface area contributed by atoms with E-state index in [0.717, 1.165) is 22.2 Å². The number of hydrogen-bond acceptors (Lipinski definition) is 3. The second-order valence-corrected chi connectivity index (χ2v) is 7.97. The minimum Gasteiger partial charge on any atom is -0.292 e. The van der Waals surface area contributed by atoms with Gasteiger partial charge in [-0.25, -0.2) is 4.98 Å². The number of benzene rings is 1. The quantitative estimate of drug-likeness (QED) is 0.581. The van der Waals surface area contributed by atoms with Gasteiger partial charge in [0.1, 0.15) is 5.82 Å². The predicted molar refractivity (Wildman–Crippen MR) is 106 cm³/mol. The van der Waals surface area contributed by atoms with Crippen molar-refractivity contribution in [2.24, 2.45) is 0 Å². The summed E-state index contributed by atoms with van der Waals surface area (Å²) in [7, 11) is 0. The third kappa shape index (κ3) is 3.02. The molecule has 3 nitrogen and oxygen atoms in total. The van der Waals surface area contributed by atoms with Crippen LogP contribution in [0, 0.1) is 0 Å². The van der Waals surface area contributed by atoms with Gasteiger partial charge in [0.2, 0.25) is 0 Å². The molecule has 1 amide bonds. The van der Waals surface area contributed by atoms with E-state index in [2.05, 4.69) is 51.2 Å². The van der Waals surface area contributed by atoms with Gasteiger partial charge in [0.15, 0.2) is 0 Å². The van der Waals surface area contributed by atoms with Crippen LogP contribution in [-0.4, -0.2) is 17.4 Å². The smallest absolute Gasteiger partial charge is 0.269 e. The fraction of sp³-hybridized carbons (Fsp3) is 0.200. The van der Waals surface area contributed by atoms with Crippen LogP contribution in [0.2, 0.25) is 0 Å². The maximum absolute atomic E-state index is 13.1. The van der Waals surface area contributed by atoms with Crippen LogP contribution in [0.4, 0.5) is 5.82 Å². The normalized spacial score (nSPS) is 12.4. The van der Waals surface area contributed by atoms with Crippen LogP contribution in [0.5, 0.6) is 0 Å². The van der Waals surface area contributed by atoms with Gasteiger partial charge in [0, 0.05) is 22.1 Å². The van der Waals surface area contributed by atoms with Crippen molar-refractivity contribution in [3.63, 3.8) is 0 Å². The molecular formula is C20H17BrN2OS. The Labute approximate surface area is 159 Å². The highest BCUT2D eigenvalue weighted by Gasteiger charge is 2.24. The first-order valence-electron chi connectivity index (χ1n) is 8.31. The molecule has 5 heteroatoms. The zero-order valence-corrected chi connectivity index (χ0v) is 16.2. The van der Waals surface area contributed by atoms with Gasteiger partial charge in [-0.3, -0.25) is 9.69 Å². The topological polar surface area (TPSA) is 33.2 Å². The zero-order chi connectivity index (χ0) is 17.4. The van der Waals surface area contributed by atoms with E-state index in [4.69, 9.17) is 0 Å². The number of carbonyl (C=O) groups is 1. The van der Waals surface area contributed by atoms with Gasteiger partial charge in [-0.15, -0.1) is 11.3 Å². The minimum atomic E-state index is 0.0224. The van der Waals surface area contributed by atoms with Crippen LogP contribution in [0.25, 0.3) is 10.4 Å². The Morgan fingerprint density at radius 3 is 2.76 bits per heavy atom. The second-order valence-electron chi connectivity index (χ2n) is 6.01. The number of aryl methyl sites for hydroxylation is 2. The van der Waals surface area contributed by atoms with Crippen molar-refractivity contribution in [3.05, 3.63) is 69.1 Å². The van der Waals surface area contributed by atoms with E-state index < -0.39 is 0 Å². The number of pyridine rings is 1. The highest BCUT2D eigenvalue weighted by Crippen LogP contribution is 2.40. The molecule has 126 valence electrons. The summed E-state index contributed by atoms with van der Waals surface area (Å²) in [6.07, 6.45) is 3.76. The van der Waals surface area contributed by atoms with Gasteiger partial charge in [-0.05, 0) is 70.6 Å². The Morgan fingerprint density at radius 2 is 2.00 bits per heavy atom. The first-order valence-corrected chi connectivity index (χ1v) is 9.92. The molecule has 0 saturated heterocycles. The van der Waals surface area contributed by atoms with Gasteiger partial charge in [0.25, 0.3) is 5.91 Å². The number of nitrogens with zero attached hydrogens (tertiary/aromatic N) is 2. The standard InChI is InChI=1S/C20H17BrN2OS/c1-2-23(18-10-9-15(21)12-22-18)20(24)17-11-14-8-7-13-5-3-4-6-16(13)19(14)25-17/h3-6,9-12H,2,7-8H2,1H3. The number of anilines is 1. The molecule has 4 rings (SSSR count). The molecule has 3 aromatic rings. The summed E-state index contributed by atoms with van der Waals surface area (Å²) in [6, 6.07) is 14.3. The van der Waals surface area contributed by atoms with Gasteiger partial charge in [-0.1, -0.05) is 24.3 Å². The van der Waals surface area contributed by atoms with Crippen LogP contribution in [0.15, 0.2) is 53.1 Å². The molecule has 2 aromatic heterocycles. The maximum atomic E-state index is 13.1. The first kappa shape index (κ1) is 16.5. The number of amides is 1. The Morgan fingerprint density at radius 1 is 1.20 bits per heavy atom. The van der Waals surface area contributed by atoms with E-state index in [0.29, 0.717) is 12.4 Å². The molecule has 2 heterocycles. The molecule has 1 aliphatic rings. The third-order valence-electron chi connectivity index (χ3n) is 4.50. The largest absolute Gasteiger partial charge is 0.292 e. The van der Waals surface area contributed by atoms with E-state index in [-0.39, 0.29) is 5.91 Å². The summed E-state index contributed by atoms with van der Waals surface area (Å²) in [5, 5.41) is 0. The Hall–Kier alpha value is -1.98. The Balaban J connectivity index is 1.70. The molecule has 0 spiro atoms. The monoisotopic (exact) mass is 412 g/mol.